The zero-order chi connectivity index (χ0) is 57.3. The molecule has 0 spiro atoms. The number of fused-ring (bicyclic) bond motifs is 2. The van der Waals surface area contributed by atoms with Gasteiger partial charge in [0.1, 0.15) is 0 Å². The topological polar surface area (TPSA) is 157 Å². The molecule has 6 aliphatic rings. The monoisotopic (exact) mass is 1080 g/mol. The molecule has 79 heavy (non-hydrogen) atoms. The highest BCUT2D eigenvalue weighted by molar-refractivity contribution is 6.70. The van der Waals surface area contributed by atoms with Crippen molar-refractivity contribution in [1.82, 2.24) is 10.2 Å². The van der Waals surface area contributed by atoms with Gasteiger partial charge in [0.2, 0.25) is 0 Å². The molecule has 0 unspecified atom stereocenters. The third-order valence-corrected chi connectivity index (χ3v) is 20.2. The van der Waals surface area contributed by atoms with E-state index in [0.29, 0.717) is 88.9 Å². The fourth-order valence-electron chi connectivity index (χ4n) is 12.7. The lowest BCUT2D eigenvalue weighted by Crippen LogP contribution is -2.53. The first-order chi connectivity index (χ1) is 36.7. The van der Waals surface area contributed by atoms with Gasteiger partial charge >= 0.3 is 28.5 Å². The van der Waals surface area contributed by atoms with Crippen molar-refractivity contribution in [1.29, 1.82) is 0 Å². The second-order valence-electron chi connectivity index (χ2n) is 27.5. The van der Waals surface area contributed by atoms with E-state index in [1.165, 1.54) is 0 Å². The van der Waals surface area contributed by atoms with Gasteiger partial charge in [-0.05, 0) is 178 Å². The maximum absolute atomic E-state index is 16.4. The summed E-state index contributed by atoms with van der Waals surface area (Å²) in [6, 6.07) is 7.47. The quantitative estimate of drug-likeness (QED) is 0.0349. The van der Waals surface area contributed by atoms with Gasteiger partial charge in [-0.25, -0.2) is 0 Å². The predicted molar refractivity (Wildman–Crippen MR) is 314 cm³/mol. The number of amides is 4. The van der Waals surface area contributed by atoms with E-state index < -0.39 is 103 Å². The zero-order valence-electron chi connectivity index (χ0n) is 50.1. The molecule has 18 heteroatoms. The Labute approximate surface area is 467 Å². The second kappa shape index (κ2) is 18.6. The Morgan fingerprint density at radius 3 is 0.899 bits per heavy atom. The molecule has 0 atom stereocenters. The highest BCUT2D eigenvalue weighted by Gasteiger charge is 2.59. The fourth-order valence-corrected chi connectivity index (χ4v) is 12.7. The van der Waals surface area contributed by atoms with E-state index in [-0.39, 0.29) is 11.1 Å². The summed E-state index contributed by atoms with van der Waals surface area (Å²) in [6.45, 7) is 35.9. The lowest BCUT2D eigenvalue weighted by atomic mass is 9.64. The molecular weight excluding hydrogens is 996 g/mol. The lowest BCUT2D eigenvalue weighted by molar-refractivity contribution is 0.00578. The molecule has 6 heterocycles. The van der Waals surface area contributed by atoms with Crippen molar-refractivity contribution in [2.75, 3.05) is 0 Å². The molecule has 1 N–H and O–H groups in total. The number of nitrogens with zero attached hydrogens (tertiary/aromatic N) is 1. The van der Waals surface area contributed by atoms with Crippen LogP contribution < -0.4 is 27.2 Å². The second-order valence-corrected chi connectivity index (χ2v) is 27.5. The minimum atomic E-state index is -1.06. The number of imide groups is 2. The SMILES string of the molecule is CCCCCCC(CCCCCC)N1C(=O)c2c(B3OC(C)(C)C(C)(C)O3)cc3c4cc(B5OC(C)(C)C(C)(C)O5)c5c6c(c(B7OC(C)(C)C(C)(C)O7)cc(c7cc(B8OC(C)(C)C(C)(C)O8)c(c2c37)C1=O)c64)C(=O)NC5=O. The van der Waals surface area contributed by atoms with Gasteiger partial charge in [-0.15, -0.1) is 0 Å². The van der Waals surface area contributed by atoms with Crippen molar-refractivity contribution in [2.24, 2.45) is 0 Å². The fraction of sp³-hybridized carbons (Fsp3) is 0.607. The summed E-state index contributed by atoms with van der Waals surface area (Å²) in [7, 11) is -4.23. The van der Waals surface area contributed by atoms with Crippen molar-refractivity contribution in [3.05, 3.63) is 46.5 Å². The van der Waals surface area contributed by atoms with Gasteiger partial charge in [-0.1, -0.05) is 89.5 Å². The first kappa shape index (κ1) is 56.5. The van der Waals surface area contributed by atoms with Crippen molar-refractivity contribution in [2.45, 2.75) is 240 Å². The predicted octanol–water partition coefficient (Wildman–Crippen LogP) is 9.72. The van der Waals surface area contributed by atoms with Crippen LogP contribution in [-0.2, 0) is 37.2 Å². The van der Waals surface area contributed by atoms with E-state index >= 15 is 9.59 Å². The zero-order valence-corrected chi connectivity index (χ0v) is 50.1. The van der Waals surface area contributed by atoms with Crippen LogP contribution in [0.15, 0.2) is 24.3 Å². The summed E-state index contributed by atoms with van der Waals surface area (Å²) in [4.78, 5) is 64.3. The van der Waals surface area contributed by atoms with E-state index in [9.17, 15) is 9.59 Å². The normalized spacial score (nSPS) is 23.2. The van der Waals surface area contributed by atoms with E-state index in [1.807, 2.05) is 135 Å². The minimum Gasteiger partial charge on any atom is -0.399 e. The summed E-state index contributed by atoms with van der Waals surface area (Å²) in [6.07, 6.45) is 9.22. The first-order valence-corrected chi connectivity index (χ1v) is 29.2. The van der Waals surface area contributed by atoms with Crippen molar-refractivity contribution < 1.29 is 56.4 Å². The van der Waals surface area contributed by atoms with Gasteiger partial charge in [0.25, 0.3) is 23.6 Å². The number of carbonyl (C=O) groups excluding carboxylic acids is 4. The van der Waals surface area contributed by atoms with Crippen LogP contribution in [0, 0.1) is 0 Å². The molecule has 11 rings (SSSR count). The molecule has 0 aromatic heterocycles. The summed E-state index contributed by atoms with van der Waals surface area (Å²) in [5.41, 5.74) is -3.69. The van der Waals surface area contributed by atoms with Crippen LogP contribution in [0.3, 0.4) is 0 Å². The van der Waals surface area contributed by atoms with Crippen LogP contribution in [0.25, 0.3) is 43.1 Å². The van der Waals surface area contributed by atoms with E-state index in [0.717, 1.165) is 51.4 Å². The third kappa shape index (κ3) is 8.43. The molecule has 4 amide bonds. The van der Waals surface area contributed by atoms with E-state index in [1.54, 1.807) is 4.90 Å². The largest absolute Gasteiger partial charge is 0.495 e. The van der Waals surface area contributed by atoms with Crippen LogP contribution in [0.4, 0.5) is 0 Å². The molecule has 5 aromatic carbocycles. The van der Waals surface area contributed by atoms with Crippen molar-refractivity contribution in [3.63, 3.8) is 0 Å². The number of benzene rings is 5. The Balaban J connectivity index is 1.32. The molecule has 0 bridgehead atoms. The summed E-state index contributed by atoms with van der Waals surface area (Å²) >= 11 is 0. The molecule has 14 nitrogen and oxygen atoms in total. The summed E-state index contributed by atoms with van der Waals surface area (Å²) in [5.74, 6) is -2.02. The molecule has 0 saturated carbocycles. The van der Waals surface area contributed by atoms with E-state index in [4.69, 9.17) is 37.2 Å². The van der Waals surface area contributed by atoms with Crippen LogP contribution in [0.1, 0.15) is 230 Å². The minimum absolute atomic E-state index is 0.225. The van der Waals surface area contributed by atoms with Crippen LogP contribution >= 0.6 is 0 Å². The highest BCUT2D eigenvalue weighted by atomic mass is 16.7. The number of unbranched alkanes of at least 4 members (excludes halogenated alkanes) is 6. The molecule has 4 saturated heterocycles. The maximum atomic E-state index is 16.4. The average Bonchev–Trinajstić information content (AvgIpc) is 2.68. The summed E-state index contributed by atoms with van der Waals surface area (Å²) in [5, 5.41) is 7.33. The van der Waals surface area contributed by atoms with Crippen molar-refractivity contribution in [3.8, 4) is 0 Å². The number of rotatable bonds is 15. The molecule has 0 radical (unpaired) electrons. The van der Waals surface area contributed by atoms with Gasteiger partial charge in [-0.3, -0.25) is 29.4 Å². The van der Waals surface area contributed by atoms with Crippen LogP contribution in [0.2, 0.25) is 0 Å². The lowest BCUT2D eigenvalue weighted by Gasteiger charge is -2.37. The Hall–Kier alpha value is -4.38. The van der Waals surface area contributed by atoms with Crippen LogP contribution in [-0.4, -0.2) is 108 Å². The Bertz CT molecular complexity index is 3140. The average molecular weight is 1080 g/mol. The molecule has 0 aliphatic carbocycles. The van der Waals surface area contributed by atoms with Gasteiger partial charge in [0, 0.05) is 39.1 Å². The standard InChI is InChI=1S/C61H80B4N2O12/c1-19-21-23-25-27-33(28-26-24-22-20-2)67-52(70)46-40(64-76-58(11,12)59(13,14)77-64)31-36-34-29-38(62-72-54(3,4)55(5,6)73-62)44-48-42(34)35(30-39(45(48)51(69)66-50(44)68)63-74-56(7,8)57(9,10)75-63)37-32-41(47(53(67)71)49(46)43(36)37)65-78-60(15,16)61(17,18)79-65/h29-33H,19-28H2,1-18H3,(H,66,68,69). The molecule has 418 valence electrons. The van der Waals surface area contributed by atoms with Crippen molar-refractivity contribution >= 4 is 117 Å². The van der Waals surface area contributed by atoms with Gasteiger partial charge in [-0.2, -0.15) is 0 Å². The smallest absolute Gasteiger partial charge is 0.399 e. The number of nitrogens with one attached hydrogen (secondary N) is 1. The van der Waals surface area contributed by atoms with E-state index in [2.05, 4.69) is 19.2 Å². The Kier molecular flexibility index (Phi) is 13.3. The van der Waals surface area contributed by atoms with Gasteiger partial charge in [0.05, 0.1) is 44.8 Å². The number of hydrogen-bond donors (Lipinski definition) is 1. The third-order valence-electron chi connectivity index (χ3n) is 20.2. The number of carbonyl (C=O) groups is 4. The van der Waals surface area contributed by atoms with Gasteiger partial charge in [0.15, 0.2) is 0 Å². The maximum Gasteiger partial charge on any atom is 0.495 e. The van der Waals surface area contributed by atoms with Gasteiger partial charge < -0.3 is 37.2 Å². The highest BCUT2D eigenvalue weighted by Crippen LogP contribution is 2.49. The Morgan fingerprint density at radius 2 is 0.633 bits per heavy atom. The molecular formula is C61H80B4N2O12. The Morgan fingerprint density at radius 1 is 0.380 bits per heavy atom. The number of hydrogen-bond acceptors (Lipinski definition) is 12. The first-order valence-electron chi connectivity index (χ1n) is 29.2. The summed E-state index contributed by atoms with van der Waals surface area (Å²) < 4.78 is 55.3. The molecule has 5 aromatic rings. The molecule has 4 fully saturated rings. The van der Waals surface area contributed by atoms with Crippen LogP contribution in [0.5, 0.6) is 0 Å². The molecule has 6 aliphatic heterocycles.